The second kappa shape index (κ2) is 2.08. The Balaban J connectivity index is 3.46. The molecular weight excluding hydrogens is 148 g/mol. The fourth-order valence-electron chi connectivity index (χ4n) is 0.656. The van der Waals surface area contributed by atoms with Crippen LogP contribution in [0, 0.1) is 5.21 Å². The van der Waals surface area contributed by atoms with E-state index in [9.17, 15) is 5.21 Å². The second-order valence-electron chi connectivity index (χ2n) is 2.05. The molecule has 0 spiro atoms. The molecule has 1 aromatic rings. The molecule has 0 saturated carbocycles. The third kappa shape index (κ3) is 0.936. The lowest BCUT2D eigenvalue weighted by Crippen LogP contribution is -2.34. The van der Waals surface area contributed by atoms with Gasteiger partial charge < -0.3 is 27.5 Å². The van der Waals surface area contributed by atoms with Crippen LogP contribution in [0.3, 0.4) is 0 Å². The van der Waals surface area contributed by atoms with E-state index >= 15 is 0 Å². The van der Waals surface area contributed by atoms with E-state index in [1.165, 1.54) is 0 Å². The molecule has 11 heavy (non-hydrogen) atoms. The zero-order chi connectivity index (χ0) is 8.59. The van der Waals surface area contributed by atoms with E-state index in [-0.39, 0.29) is 27.8 Å². The smallest absolute Gasteiger partial charge is 0.247 e. The topological polar surface area (TPSA) is 125 Å². The number of hydrogen-bond acceptors (Lipinski definition) is 5. The molecule has 1 aromatic heterocycles. The molecule has 0 fully saturated rings. The van der Waals surface area contributed by atoms with Crippen LogP contribution < -0.4 is 21.9 Å². The molecule has 7 N–H and O–H groups in total. The molecule has 6 nitrogen and oxygen atoms in total. The highest BCUT2D eigenvalue weighted by atomic mass is 16.5. The quantitative estimate of drug-likeness (QED) is 0.276. The van der Waals surface area contributed by atoms with Gasteiger partial charge in [0, 0.05) is 0 Å². The minimum Gasteiger partial charge on any atom is -0.740 e. The number of nitrogens with two attached hydrogens (primary N) is 3. The number of nitrogen functional groups attached to an aromatic ring is 3. The van der Waals surface area contributed by atoms with Gasteiger partial charge in [0.25, 0.3) is 0 Å². The Labute approximate surface area is 62.4 Å². The second-order valence-corrected chi connectivity index (χ2v) is 2.05. The highest BCUT2D eigenvalue weighted by molar-refractivity contribution is 5.65. The summed E-state index contributed by atoms with van der Waals surface area (Å²) in [6.07, 6.45) is 0. The summed E-state index contributed by atoms with van der Waals surface area (Å²) in [5.74, 6) is -0.760. The summed E-state index contributed by atoms with van der Waals surface area (Å²) < 4.78 is 0.245. The first-order chi connectivity index (χ1) is 5.04. The van der Waals surface area contributed by atoms with Crippen LogP contribution in [-0.2, 0) is 0 Å². The predicted octanol–water partition coefficient (Wildman–Crippen LogP) is -1.23. The van der Waals surface area contributed by atoms with Crippen molar-refractivity contribution in [3.8, 4) is 5.75 Å². The molecular formula is C5H8N4O2. The van der Waals surface area contributed by atoms with Gasteiger partial charge in [0.15, 0.2) is 5.75 Å². The van der Waals surface area contributed by atoms with Gasteiger partial charge in [-0.3, -0.25) is 0 Å². The summed E-state index contributed by atoms with van der Waals surface area (Å²) in [4.78, 5) is 0. The summed E-state index contributed by atoms with van der Waals surface area (Å²) in [6.45, 7) is 0. The third-order valence-corrected chi connectivity index (χ3v) is 1.29. The van der Waals surface area contributed by atoms with Crippen molar-refractivity contribution >= 4 is 17.3 Å². The summed E-state index contributed by atoms with van der Waals surface area (Å²) in [5, 5.41) is 19.8. The number of hydrogen-bond donors (Lipinski definition) is 4. The molecule has 0 aliphatic heterocycles. The van der Waals surface area contributed by atoms with Gasteiger partial charge in [0.05, 0.1) is 6.07 Å². The van der Waals surface area contributed by atoms with Gasteiger partial charge in [-0.2, -0.15) is 0 Å². The lowest BCUT2D eigenvalue weighted by atomic mass is 10.3. The van der Waals surface area contributed by atoms with Crippen LogP contribution in [0.15, 0.2) is 6.07 Å². The molecule has 6 heteroatoms. The number of nitrogens with zero attached hydrogens (tertiary/aromatic N) is 1. The maximum atomic E-state index is 10.8. The maximum absolute atomic E-state index is 10.8. The minimum atomic E-state index is -0.289. The van der Waals surface area contributed by atoms with E-state index in [0.29, 0.717) is 0 Å². The normalized spacial score (nSPS) is 9.82. The molecule has 0 saturated heterocycles. The van der Waals surface area contributed by atoms with Crippen molar-refractivity contribution in [3.05, 3.63) is 11.3 Å². The molecule has 0 atom stereocenters. The zero-order valence-corrected chi connectivity index (χ0v) is 5.61. The summed E-state index contributed by atoms with van der Waals surface area (Å²) in [6, 6.07) is 1.04. The van der Waals surface area contributed by atoms with Gasteiger partial charge in [0.2, 0.25) is 11.6 Å². The van der Waals surface area contributed by atoms with Crippen LogP contribution in [0.5, 0.6) is 5.75 Å². The Bertz CT molecular complexity index is 273. The number of anilines is 3. The number of pyridine rings is 1. The predicted molar refractivity (Wildman–Crippen MR) is 40.3 cm³/mol. The fraction of sp³-hybridized carbons (Fsp3) is 0. The Morgan fingerprint density at radius 2 is 1.91 bits per heavy atom. The zero-order valence-electron chi connectivity index (χ0n) is 5.61. The van der Waals surface area contributed by atoms with E-state index in [1.54, 1.807) is 0 Å². The van der Waals surface area contributed by atoms with Crippen molar-refractivity contribution in [1.29, 1.82) is 0 Å². The minimum absolute atomic E-state index is 0.158. The molecule has 1 rings (SSSR count). The van der Waals surface area contributed by atoms with E-state index in [1.807, 2.05) is 0 Å². The summed E-state index contributed by atoms with van der Waals surface area (Å²) >= 11 is 0. The Hall–Kier alpha value is -1.85. The molecule has 0 bridgehead atoms. The highest BCUT2D eigenvalue weighted by Gasteiger charge is 2.09. The van der Waals surface area contributed by atoms with Crippen LogP contribution in [0.4, 0.5) is 17.3 Å². The average molecular weight is 156 g/mol. The lowest BCUT2D eigenvalue weighted by molar-refractivity contribution is -0.573. The van der Waals surface area contributed by atoms with Crippen molar-refractivity contribution in [1.82, 2.24) is 0 Å². The largest absolute Gasteiger partial charge is 0.740 e. The molecule has 1 heterocycles. The summed E-state index contributed by atoms with van der Waals surface area (Å²) in [5.41, 5.74) is 15.4. The first-order valence-corrected chi connectivity index (χ1v) is 2.80. The van der Waals surface area contributed by atoms with Gasteiger partial charge in [-0.15, -0.1) is 0 Å². The number of aromatic nitrogens is 1. The number of rotatable bonds is 0. The monoisotopic (exact) mass is 156 g/mol. The van der Waals surface area contributed by atoms with E-state index in [4.69, 9.17) is 22.3 Å². The van der Waals surface area contributed by atoms with Crippen molar-refractivity contribution in [2.24, 2.45) is 0 Å². The molecule has 0 unspecified atom stereocenters. The molecule has 0 aromatic carbocycles. The van der Waals surface area contributed by atoms with E-state index in [0.717, 1.165) is 6.07 Å². The van der Waals surface area contributed by atoms with Gasteiger partial charge in [0.1, 0.15) is 5.69 Å². The lowest BCUT2D eigenvalue weighted by Gasteiger charge is -2.11. The molecule has 0 aliphatic rings. The number of aromatic hydroxyl groups is 1. The molecule has 0 aliphatic carbocycles. The SMILES string of the molecule is Nc1c(O)cc(N)[n+]([O-])c1N. The van der Waals surface area contributed by atoms with Crippen LogP contribution in [-0.4, -0.2) is 5.11 Å². The molecule has 0 radical (unpaired) electrons. The van der Waals surface area contributed by atoms with Gasteiger partial charge in [-0.1, -0.05) is 0 Å². The van der Waals surface area contributed by atoms with Crippen LogP contribution in [0.2, 0.25) is 0 Å². The van der Waals surface area contributed by atoms with Gasteiger partial charge in [-0.25, -0.2) is 4.73 Å². The first kappa shape index (κ1) is 7.26. The summed E-state index contributed by atoms with van der Waals surface area (Å²) in [7, 11) is 0. The van der Waals surface area contributed by atoms with Crippen LogP contribution in [0.1, 0.15) is 0 Å². The van der Waals surface area contributed by atoms with Crippen LogP contribution >= 0.6 is 0 Å². The Morgan fingerprint density at radius 3 is 2.45 bits per heavy atom. The Morgan fingerprint density at radius 1 is 1.36 bits per heavy atom. The maximum Gasteiger partial charge on any atom is 0.247 e. The van der Waals surface area contributed by atoms with Gasteiger partial charge >= 0.3 is 0 Å². The van der Waals surface area contributed by atoms with Crippen molar-refractivity contribution < 1.29 is 9.84 Å². The standard InChI is InChI=1S/C5H8N4O2/c6-3-1-2(10)4(7)5(8)9(3)11/h1,10H,6-8H2. The molecule has 60 valence electrons. The first-order valence-electron chi connectivity index (χ1n) is 2.80. The van der Waals surface area contributed by atoms with Crippen LogP contribution in [0.25, 0.3) is 0 Å². The van der Waals surface area contributed by atoms with E-state index in [2.05, 4.69) is 0 Å². The van der Waals surface area contributed by atoms with Crippen molar-refractivity contribution in [3.63, 3.8) is 0 Å². The van der Waals surface area contributed by atoms with Crippen molar-refractivity contribution in [2.45, 2.75) is 0 Å². The average Bonchev–Trinajstić information content (AvgIpc) is 1.97. The molecule has 0 amide bonds. The third-order valence-electron chi connectivity index (χ3n) is 1.29. The van der Waals surface area contributed by atoms with Crippen molar-refractivity contribution in [2.75, 3.05) is 17.2 Å². The Kier molecular flexibility index (Phi) is 1.37. The van der Waals surface area contributed by atoms with Gasteiger partial charge in [-0.05, 0) is 0 Å². The fourth-order valence-corrected chi connectivity index (χ4v) is 0.656. The highest BCUT2D eigenvalue weighted by Crippen LogP contribution is 2.24. The van der Waals surface area contributed by atoms with E-state index < -0.39 is 0 Å².